The third-order valence-electron chi connectivity index (χ3n) is 6.08. The minimum atomic E-state index is -1.28. The number of nitrogens with zero attached hydrogens (tertiary/aromatic N) is 2. The fraction of sp³-hybridized carbons (Fsp3) is 0.652. The largest absolute Gasteiger partial charge is 0.478 e. The molecule has 1 unspecified atom stereocenters. The Morgan fingerprint density at radius 3 is 2.62 bits per heavy atom. The number of benzene rings is 1. The minimum Gasteiger partial charge on any atom is -0.478 e. The van der Waals surface area contributed by atoms with Gasteiger partial charge in [0.25, 0.3) is 0 Å². The van der Waals surface area contributed by atoms with Crippen LogP contribution in [0.4, 0.5) is 0 Å². The summed E-state index contributed by atoms with van der Waals surface area (Å²) in [5, 5.41) is 9.29. The molecule has 2 saturated heterocycles. The normalized spacial score (nSPS) is 21.0. The van der Waals surface area contributed by atoms with Gasteiger partial charge in [0.15, 0.2) is 5.60 Å². The van der Waals surface area contributed by atoms with E-state index in [1.165, 1.54) is 19.3 Å². The minimum absolute atomic E-state index is 0.250. The molecule has 160 valence electrons. The van der Waals surface area contributed by atoms with Crippen molar-refractivity contribution in [1.29, 1.82) is 0 Å². The second kappa shape index (κ2) is 9.61. The highest BCUT2D eigenvalue weighted by atomic mass is 16.5. The van der Waals surface area contributed by atoms with Crippen LogP contribution < -0.4 is 4.74 Å². The molecule has 2 aliphatic heterocycles. The summed E-state index contributed by atoms with van der Waals surface area (Å²) >= 11 is 0. The summed E-state index contributed by atoms with van der Waals surface area (Å²) < 4.78 is 5.69. The van der Waals surface area contributed by atoms with E-state index in [0.29, 0.717) is 12.2 Å². The molecule has 0 aliphatic carbocycles. The van der Waals surface area contributed by atoms with Crippen LogP contribution in [0, 0.1) is 0 Å². The number of ether oxygens (including phenoxy) is 1. The molecule has 6 heteroatoms. The molecule has 1 amide bonds. The van der Waals surface area contributed by atoms with Crippen LogP contribution in [0.5, 0.6) is 5.75 Å². The van der Waals surface area contributed by atoms with Crippen molar-refractivity contribution in [2.24, 2.45) is 0 Å². The zero-order chi connectivity index (χ0) is 20.9. The van der Waals surface area contributed by atoms with Crippen LogP contribution in [-0.2, 0) is 9.59 Å². The van der Waals surface area contributed by atoms with Gasteiger partial charge in [-0.25, -0.2) is 4.79 Å². The first-order chi connectivity index (χ1) is 13.8. The maximum absolute atomic E-state index is 12.8. The van der Waals surface area contributed by atoms with Crippen LogP contribution in [-0.4, -0.2) is 65.1 Å². The standard InChI is InChI=1S/C23H34N2O4/c1-23(2,22(27)28)29-20-10-6-8-18(16-20)19-9-7-14-25(17-19)21(26)11-15-24-12-4-3-5-13-24/h6,8,10,16,19H,3-5,7,9,11-15,17H2,1-2H3,(H,27,28). The van der Waals surface area contributed by atoms with Crippen molar-refractivity contribution in [2.45, 2.75) is 63.9 Å². The lowest BCUT2D eigenvalue weighted by Gasteiger charge is -2.34. The topological polar surface area (TPSA) is 70.1 Å². The Bertz CT molecular complexity index is 713. The highest BCUT2D eigenvalue weighted by Gasteiger charge is 2.30. The number of piperidine rings is 2. The van der Waals surface area contributed by atoms with Crippen LogP contribution in [0.2, 0.25) is 0 Å². The monoisotopic (exact) mass is 402 g/mol. The molecular weight excluding hydrogens is 368 g/mol. The van der Waals surface area contributed by atoms with E-state index < -0.39 is 11.6 Å². The number of carboxylic acid groups (broad SMARTS) is 1. The molecule has 0 radical (unpaired) electrons. The van der Waals surface area contributed by atoms with Gasteiger partial charge in [0.2, 0.25) is 5.91 Å². The highest BCUT2D eigenvalue weighted by Crippen LogP contribution is 2.30. The molecular formula is C23H34N2O4. The Labute approximate surface area is 173 Å². The second-order valence-corrected chi connectivity index (χ2v) is 8.82. The number of rotatable bonds is 7. The van der Waals surface area contributed by atoms with E-state index in [-0.39, 0.29) is 11.8 Å². The SMILES string of the molecule is CC(C)(Oc1cccc(C2CCCN(C(=O)CCN3CCCCC3)C2)c1)C(=O)O. The Morgan fingerprint density at radius 2 is 1.90 bits per heavy atom. The van der Waals surface area contributed by atoms with E-state index in [1.54, 1.807) is 19.9 Å². The number of likely N-dealkylation sites (tertiary alicyclic amines) is 2. The van der Waals surface area contributed by atoms with Crippen LogP contribution in [0.15, 0.2) is 24.3 Å². The van der Waals surface area contributed by atoms with E-state index >= 15 is 0 Å². The Kier molecular flexibility index (Phi) is 7.17. The molecule has 1 N–H and O–H groups in total. The first-order valence-electron chi connectivity index (χ1n) is 10.9. The predicted octanol–water partition coefficient (Wildman–Crippen LogP) is 3.51. The quantitative estimate of drug-likeness (QED) is 0.756. The van der Waals surface area contributed by atoms with Gasteiger partial charge in [-0.3, -0.25) is 4.79 Å². The summed E-state index contributed by atoms with van der Waals surface area (Å²) in [4.78, 5) is 28.5. The molecule has 2 fully saturated rings. The molecule has 0 aromatic heterocycles. The van der Waals surface area contributed by atoms with Gasteiger partial charge in [-0.1, -0.05) is 18.6 Å². The summed E-state index contributed by atoms with van der Waals surface area (Å²) in [5.41, 5.74) is -0.168. The molecule has 3 rings (SSSR count). The van der Waals surface area contributed by atoms with E-state index in [9.17, 15) is 14.7 Å². The van der Waals surface area contributed by atoms with E-state index in [4.69, 9.17) is 4.74 Å². The number of carboxylic acids is 1. The van der Waals surface area contributed by atoms with Gasteiger partial charge < -0.3 is 19.6 Å². The molecule has 2 aliphatic rings. The van der Waals surface area contributed by atoms with Crippen LogP contribution >= 0.6 is 0 Å². The second-order valence-electron chi connectivity index (χ2n) is 8.82. The smallest absolute Gasteiger partial charge is 0.347 e. The molecule has 0 bridgehead atoms. The summed E-state index contributed by atoms with van der Waals surface area (Å²) in [6.45, 7) is 7.76. The maximum atomic E-state index is 12.8. The Hall–Kier alpha value is -2.08. The number of aliphatic carboxylic acids is 1. The molecule has 2 heterocycles. The van der Waals surface area contributed by atoms with Gasteiger partial charge in [-0.15, -0.1) is 0 Å². The van der Waals surface area contributed by atoms with Crippen molar-refractivity contribution in [1.82, 2.24) is 9.80 Å². The lowest BCUT2D eigenvalue weighted by molar-refractivity contribution is -0.152. The first-order valence-corrected chi connectivity index (χ1v) is 10.9. The molecule has 1 aromatic carbocycles. The summed E-state index contributed by atoms with van der Waals surface area (Å²) in [6, 6.07) is 7.67. The number of hydrogen-bond acceptors (Lipinski definition) is 4. The Morgan fingerprint density at radius 1 is 1.14 bits per heavy atom. The van der Waals surface area contributed by atoms with Crippen LogP contribution in [0.3, 0.4) is 0 Å². The van der Waals surface area contributed by atoms with Gasteiger partial charge in [0, 0.05) is 32.0 Å². The molecule has 1 aromatic rings. The fourth-order valence-corrected chi connectivity index (χ4v) is 4.24. The zero-order valence-corrected chi connectivity index (χ0v) is 17.7. The number of carbonyl (C=O) groups excluding carboxylic acids is 1. The van der Waals surface area contributed by atoms with Crippen molar-refractivity contribution in [3.8, 4) is 5.75 Å². The lowest BCUT2D eigenvalue weighted by atomic mass is 9.90. The summed E-state index contributed by atoms with van der Waals surface area (Å²) in [5.74, 6) is 0.0772. The third-order valence-corrected chi connectivity index (χ3v) is 6.08. The maximum Gasteiger partial charge on any atom is 0.347 e. The van der Waals surface area contributed by atoms with Gasteiger partial charge in [-0.2, -0.15) is 0 Å². The first kappa shape index (κ1) is 21.6. The zero-order valence-electron chi connectivity index (χ0n) is 17.7. The van der Waals surface area contributed by atoms with Crippen molar-refractivity contribution in [3.63, 3.8) is 0 Å². The van der Waals surface area contributed by atoms with Gasteiger partial charge in [-0.05, 0) is 70.3 Å². The predicted molar refractivity (Wildman–Crippen MR) is 112 cm³/mol. The van der Waals surface area contributed by atoms with E-state index in [0.717, 1.165) is 51.1 Å². The number of amides is 1. The van der Waals surface area contributed by atoms with Crippen molar-refractivity contribution in [2.75, 3.05) is 32.7 Å². The average Bonchev–Trinajstić information content (AvgIpc) is 2.72. The average molecular weight is 403 g/mol. The van der Waals surface area contributed by atoms with Crippen molar-refractivity contribution >= 4 is 11.9 Å². The van der Waals surface area contributed by atoms with Gasteiger partial charge in [0.05, 0.1) is 0 Å². The van der Waals surface area contributed by atoms with E-state index in [1.807, 2.05) is 23.1 Å². The van der Waals surface area contributed by atoms with Crippen molar-refractivity contribution < 1.29 is 19.4 Å². The molecule has 29 heavy (non-hydrogen) atoms. The molecule has 0 saturated carbocycles. The van der Waals surface area contributed by atoms with Gasteiger partial charge in [0.1, 0.15) is 5.75 Å². The molecule has 1 atom stereocenters. The number of hydrogen-bond donors (Lipinski definition) is 1. The van der Waals surface area contributed by atoms with E-state index in [2.05, 4.69) is 4.90 Å². The van der Waals surface area contributed by atoms with Crippen LogP contribution in [0.1, 0.15) is 63.9 Å². The lowest BCUT2D eigenvalue weighted by Crippen LogP contribution is -2.41. The fourth-order valence-electron chi connectivity index (χ4n) is 4.24. The van der Waals surface area contributed by atoms with Crippen molar-refractivity contribution in [3.05, 3.63) is 29.8 Å². The van der Waals surface area contributed by atoms with Gasteiger partial charge >= 0.3 is 5.97 Å². The summed E-state index contributed by atoms with van der Waals surface area (Å²) in [6.07, 6.45) is 6.43. The van der Waals surface area contributed by atoms with Crippen LogP contribution in [0.25, 0.3) is 0 Å². The Balaban J connectivity index is 1.57. The molecule has 0 spiro atoms. The molecule has 6 nitrogen and oxygen atoms in total. The number of carbonyl (C=O) groups is 2. The summed E-state index contributed by atoms with van der Waals surface area (Å²) in [7, 11) is 0. The third kappa shape index (κ3) is 5.95. The highest BCUT2D eigenvalue weighted by molar-refractivity contribution is 5.77.